The van der Waals surface area contributed by atoms with Crippen LogP contribution in [-0.2, 0) is 0 Å². The number of amides is 1. The predicted molar refractivity (Wildman–Crippen MR) is 76.2 cm³/mol. The van der Waals surface area contributed by atoms with Crippen molar-refractivity contribution in [1.29, 1.82) is 0 Å². The number of nitrogens with two attached hydrogens (primary N) is 1. The Morgan fingerprint density at radius 2 is 2.21 bits per heavy atom. The van der Waals surface area contributed by atoms with E-state index in [0.29, 0.717) is 22.4 Å². The van der Waals surface area contributed by atoms with Crippen molar-refractivity contribution in [3.05, 3.63) is 35.0 Å². The Bertz CT molecular complexity index is 564. The molecule has 0 spiro atoms. The van der Waals surface area contributed by atoms with Crippen LogP contribution in [-0.4, -0.2) is 15.9 Å². The molecule has 0 bridgehead atoms. The van der Waals surface area contributed by atoms with Crippen LogP contribution < -0.4 is 16.6 Å². The second kappa shape index (κ2) is 5.77. The van der Waals surface area contributed by atoms with E-state index in [0.717, 1.165) is 5.69 Å². The molecular weight excluding hydrogens is 262 g/mol. The van der Waals surface area contributed by atoms with Crippen molar-refractivity contribution in [3.8, 4) is 0 Å². The summed E-state index contributed by atoms with van der Waals surface area (Å²) in [4.78, 5) is 20.3. The largest absolute Gasteiger partial charge is 0.308 e. The van der Waals surface area contributed by atoms with Crippen molar-refractivity contribution in [2.24, 2.45) is 5.84 Å². The molecular formula is C12H15N5OS. The number of carbonyl (C=O) groups excluding carboxylic acids is 1. The summed E-state index contributed by atoms with van der Waals surface area (Å²) >= 11 is 1.41. The van der Waals surface area contributed by atoms with Gasteiger partial charge >= 0.3 is 0 Å². The summed E-state index contributed by atoms with van der Waals surface area (Å²) in [6.45, 7) is 4.12. The van der Waals surface area contributed by atoms with Crippen LogP contribution >= 0.6 is 11.3 Å². The molecule has 0 fully saturated rings. The zero-order valence-corrected chi connectivity index (χ0v) is 11.5. The van der Waals surface area contributed by atoms with Crippen LogP contribution in [0.4, 0.5) is 10.9 Å². The molecule has 2 rings (SSSR count). The van der Waals surface area contributed by atoms with Gasteiger partial charge in [0, 0.05) is 11.6 Å². The Morgan fingerprint density at radius 3 is 2.74 bits per heavy atom. The first-order valence-corrected chi connectivity index (χ1v) is 6.67. The molecule has 0 saturated carbocycles. The van der Waals surface area contributed by atoms with E-state index in [1.165, 1.54) is 17.5 Å². The monoisotopic (exact) mass is 277 g/mol. The van der Waals surface area contributed by atoms with Gasteiger partial charge in [0.25, 0.3) is 5.91 Å². The van der Waals surface area contributed by atoms with Gasteiger partial charge in [0.2, 0.25) is 0 Å². The Morgan fingerprint density at radius 1 is 1.42 bits per heavy atom. The lowest BCUT2D eigenvalue weighted by Gasteiger charge is -2.03. The Kier molecular flexibility index (Phi) is 4.08. The van der Waals surface area contributed by atoms with Gasteiger partial charge in [-0.05, 0) is 18.1 Å². The van der Waals surface area contributed by atoms with Gasteiger partial charge in [-0.2, -0.15) is 0 Å². The predicted octanol–water partition coefficient (Wildman–Crippen LogP) is 2.20. The molecule has 1 amide bonds. The molecule has 19 heavy (non-hydrogen) atoms. The van der Waals surface area contributed by atoms with Crippen LogP contribution in [0.5, 0.6) is 0 Å². The van der Waals surface area contributed by atoms with Crippen LogP contribution in [0.15, 0.2) is 23.7 Å². The summed E-state index contributed by atoms with van der Waals surface area (Å²) in [5.41, 5.74) is 3.84. The molecule has 6 nitrogen and oxygen atoms in total. The van der Waals surface area contributed by atoms with Crippen molar-refractivity contribution < 1.29 is 4.79 Å². The summed E-state index contributed by atoms with van der Waals surface area (Å²) in [5, 5.41) is 5.28. The number of thiazole rings is 1. The summed E-state index contributed by atoms with van der Waals surface area (Å²) < 4.78 is 0. The van der Waals surface area contributed by atoms with Gasteiger partial charge in [0.15, 0.2) is 5.13 Å². The number of carbonyl (C=O) groups is 1. The van der Waals surface area contributed by atoms with E-state index in [1.807, 2.05) is 5.38 Å². The summed E-state index contributed by atoms with van der Waals surface area (Å²) in [6, 6.07) is 3.28. The zero-order valence-electron chi connectivity index (χ0n) is 10.7. The summed E-state index contributed by atoms with van der Waals surface area (Å²) in [7, 11) is 0. The van der Waals surface area contributed by atoms with Gasteiger partial charge in [-0.25, -0.2) is 15.8 Å². The van der Waals surface area contributed by atoms with Crippen molar-refractivity contribution in [2.45, 2.75) is 19.8 Å². The zero-order chi connectivity index (χ0) is 13.8. The number of hydrazine groups is 1. The molecule has 2 aromatic heterocycles. The highest BCUT2D eigenvalue weighted by molar-refractivity contribution is 7.14. The van der Waals surface area contributed by atoms with Gasteiger partial charge in [0.1, 0.15) is 5.82 Å². The average molecular weight is 277 g/mol. The molecule has 7 heteroatoms. The molecule has 4 N–H and O–H groups in total. The SMILES string of the molecule is CC(C)c1csc(NC(=O)c2ccc(NN)nc2)n1. The fourth-order valence-corrected chi connectivity index (χ4v) is 2.26. The van der Waals surface area contributed by atoms with Gasteiger partial charge in [0.05, 0.1) is 11.3 Å². The van der Waals surface area contributed by atoms with E-state index in [4.69, 9.17) is 5.84 Å². The Balaban J connectivity index is 2.06. The van der Waals surface area contributed by atoms with Crippen LogP contribution in [0.3, 0.4) is 0 Å². The minimum atomic E-state index is -0.235. The van der Waals surface area contributed by atoms with E-state index in [1.54, 1.807) is 12.1 Å². The highest BCUT2D eigenvalue weighted by Crippen LogP contribution is 2.21. The number of pyridine rings is 1. The molecule has 2 aromatic rings. The number of rotatable bonds is 4. The molecule has 0 saturated heterocycles. The lowest BCUT2D eigenvalue weighted by Crippen LogP contribution is -2.13. The Labute approximate surface area is 115 Å². The third-order valence-electron chi connectivity index (χ3n) is 2.51. The van der Waals surface area contributed by atoms with Crippen LogP contribution in [0.2, 0.25) is 0 Å². The van der Waals surface area contributed by atoms with E-state index in [2.05, 4.69) is 34.6 Å². The van der Waals surface area contributed by atoms with Gasteiger partial charge in [-0.15, -0.1) is 11.3 Å². The number of nitrogens with one attached hydrogen (secondary N) is 2. The topological polar surface area (TPSA) is 92.9 Å². The van der Waals surface area contributed by atoms with Crippen LogP contribution in [0.25, 0.3) is 0 Å². The average Bonchev–Trinajstić information content (AvgIpc) is 2.87. The van der Waals surface area contributed by atoms with Gasteiger partial charge < -0.3 is 5.43 Å². The van der Waals surface area contributed by atoms with E-state index in [9.17, 15) is 4.79 Å². The van der Waals surface area contributed by atoms with E-state index < -0.39 is 0 Å². The number of hydrogen-bond acceptors (Lipinski definition) is 6. The molecule has 0 aliphatic carbocycles. The minimum absolute atomic E-state index is 0.235. The molecule has 0 unspecified atom stereocenters. The second-order valence-electron chi connectivity index (χ2n) is 4.26. The molecule has 2 heterocycles. The smallest absolute Gasteiger partial charge is 0.259 e. The first-order valence-electron chi connectivity index (χ1n) is 5.79. The summed E-state index contributed by atoms with van der Waals surface area (Å²) in [6.07, 6.45) is 1.46. The normalized spacial score (nSPS) is 10.5. The number of aromatic nitrogens is 2. The molecule has 0 atom stereocenters. The number of nitrogens with zero attached hydrogens (tertiary/aromatic N) is 2. The van der Waals surface area contributed by atoms with Crippen LogP contribution in [0, 0.1) is 0 Å². The molecule has 0 aromatic carbocycles. The van der Waals surface area contributed by atoms with Crippen LogP contribution in [0.1, 0.15) is 35.8 Å². The standard InChI is InChI=1S/C12H15N5OS/c1-7(2)9-6-19-12(15-9)16-11(18)8-3-4-10(17-13)14-5-8/h3-7H,13H2,1-2H3,(H,14,17)(H,15,16,18). The quantitative estimate of drug-likeness (QED) is 0.588. The fourth-order valence-electron chi connectivity index (χ4n) is 1.39. The third-order valence-corrected chi connectivity index (χ3v) is 3.28. The van der Waals surface area contributed by atoms with Gasteiger partial charge in [-0.3, -0.25) is 10.1 Å². The lowest BCUT2D eigenvalue weighted by atomic mass is 10.2. The highest BCUT2D eigenvalue weighted by atomic mass is 32.1. The van der Waals surface area contributed by atoms with E-state index >= 15 is 0 Å². The lowest BCUT2D eigenvalue weighted by molar-refractivity contribution is 0.102. The Hall–Kier alpha value is -1.99. The molecule has 100 valence electrons. The molecule has 0 aliphatic rings. The van der Waals surface area contributed by atoms with Crippen molar-refractivity contribution in [1.82, 2.24) is 9.97 Å². The summed E-state index contributed by atoms with van der Waals surface area (Å²) in [5.74, 6) is 5.83. The first kappa shape index (κ1) is 13.4. The second-order valence-corrected chi connectivity index (χ2v) is 5.12. The number of hydrogen-bond donors (Lipinski definition) is 3. The minimum Gasteiger partial charge on any atom is -0.308 e. The maximum absolute atomic E-state index is 12.0. The molecule has 0 radical (unpaired) electrons. The third kappa shape index (κ3) is 3.27. The number of anilines is 2. The number of nitrogen functional groups attached to an aromatic ring is 1. The first-order chi connectivity index (χ1) is 9.10. The van der Waals surface area contributed by atoms with Gasteiger partial charge in [-0.1, -0.05) is 13.8 Å². The maximum atomic E-state index is 12.0. The molecule has 0 aliphatic heterocycles. The highest BCUT2D eigenvalue weighted by Gasteiger charge is 2.10. The fraction of sp³-hybridized carbons (Fsp3) is 0.250. The van der Waals surface area contributed by atoms with E-state index in [-0.39, 0.29) is 5.91 Å². The van der Waals surface area contributed by atoms with Crippen molar-refractivity contribution in [3.63, 3.8) is 0 Å². The van der Waals surface area contributed by atoms with Crippen molar-refractivity contribution >= 4 is 28.2 Å². The maximum Gasteiger partial charge on any atom is 0.259 e. The van der Waals surface area contributed by atoms with Crippen molar-refractivity contribution in [2.75, 3.05) is 10.7 Å².